The fraction of sp³-hybridized carbons (Fsp3) is 0.619. The first-order chi connectivity index (χ1) is 13.2. The van der Waals surface area contributed by atoms with E-state index in [1.165, 1.54) is 5.56 Å². The van der Waals surface area contributed by atoms with Crippen molar-refractivity contribution >= 4 is 11.8 Å². The minimum absolute atomic E-state index is 0.104. The summed E-state index contributed by atoms with van der Waals surface area (Å²) in [7, 11) is 0. The molecule has 0 saturated carbocycles. The molecule has 0 aliphatic carbocycles. The number of amides is 2. The van der Waals surface area contributed by atoms with Crippen LogP contribution in [0.3, 0.4) is 0 Å². The Kier molecular flexibility index (Phi) is 5.74. The van der Waals surface area contributed by atoms with Crippen molar-refractivity contribution in [2.45, 2.75) is 50.3 Å². The zero-order chi connectivity index (χ0) is 18.6. The Balaban J connectivity index is 1.20. The number of nitrogens with zero attached hydrogens (tertiary/aromatic N) is 2. The molecular formula is C21H29N3O3. The number of fused-ring (bicyclic) bond motifs is 1. The first-order valence-electron chi connectivity index (χ1n) is 10.2. The summed E-state index contributed by atoms with van der Waals surface area (Å²) in [6, 6.07) is 11.0. The van der Waals surface area contributed by atoms with Gasteiger partial charge in [0, 0.05) is 51.1 Å². The molecular weight excluding hydrogens is 342 g/mol. The smallest absolute Gasteiger partial charge is 0.222 e. The van der Waals surface area contributed by atoms with Gasteiger partial charge in [-0.3, -0.25) is 14.5 Å². The topological polar surface area (TPSA) is 61.9 Å². The highest BCUT2D eigenvalue weighted by Gasteiger charge is 2.38. The van der Waals surface area contributed by atoms with Gasteiger partial charge >= 0.3 is 0 Å². The number of ether oxygens (including phenoxy) is 1. The second-order valence-corrected chi connectivity index (χ2v) is 7.93. The van der Waals surface area contributed by atoms with E-state index in [2.05, 4.69) is 22.3 Å². The van der Waals surface area contributed by atoms with Gasteiger partial charge in [-0.05, 0) is 24.8 Å². The molecule has 4 rings (SSSR count). The van der Waals surface area contributed by atoms with Gasteiger partial charge in [0.25, 0.3) is 0 Å². The highest BCUT2D eigenvalue weighted by atomic mass is 16.5. The molecule has 3 aliphatic heterocycles. The average molecular weight is 371 g/mol. The lowest BCUT2D eigenvalue weighted by Crippen LogP contribution is -2.43. The van der Waals surface area contributed by atoms with Crippen LogP contribution in [0.1, 0.15) is 43.8 Å². The Bertz CT molecular complexity index is 666. The maximum atomic E-state index is 12.3. The number of rotatable bonds is 6. The zero-order valence-electron chi connectivity index (χ0n) is 15.8. The fourth-order valence-electron chi connectivity index (χ4n) is 4.52. The third-order valence-electron chi connectivity index (χ3n) is 5.96. The molecule has 3 saturated heterocycles. The van der Waals surface area contributed by atoms with E-state index in [1.54, 1.807) is 0 Å². The molecule has 146 valence electrons. The number of nitrogens with one attached hydrogen (secondary N) is 1. The van der Waals surface area contributed by atoms with Crippen molar-refractivity contribution in [2.24, 2.45) is 0 Å². The Morgan fingerprint density at radius 2 is 2.07 bits per heavy atom. The molecule has 1 aromatic rings. The lowest BCUT2D eigenvalue weighted by atomic mass is 10.1. The van der Waals surface area contributed by atoms with Crippen LogP contribution >= 0.6 is 0 Å². The largest absolute Gasteiger partial charge is 0.371 e. The van der Waals surface area contributed by atoms with E-state index in [0.717, 1.165) is 45.5 Å². The van der Waals surface area contributed by atoms with E-state index in [9.17, 15) is 9.59 Å². The predicted octanol–water partition coefficient (Wildman–Crippen LogP) is 1.72. The van der Waals surface area contributed by atoms with Crippen LogP contribution in [0.15, 0.2) is 30.3 Å². The molecule has 0 bridgehead atoms. The second kappa shape index (κ2) is 8.40. The van der Waals surface area contributed by atoms with Crippen molar-refractivity contribution in [3.63, 3.8) is 0 Å². The summed E-state index contributed by atoms with van der Waals surface area (Å²) < 4.78 is 6.07. The fourth-order valence-corrected chi connectivity index (χ4v) is 4.52. The molecule has 3 atom stereocenters. The number of benzene rings is 1. The lowest BCUT2D eigenvalue weighted by molar-refractivity contribution is -0.128. The van der Waals surface area contributed by atoms with Crippen LogP contribution < -0.4 is 5.32 Å². The normalized spacial score (nSPS) is 28.4. The van der Waals surface area contributed by atoms with Gasteiger partial charge in [-0.2, -0.15) is 0 Å². The van der Waals surface area contributed by atoms with Gasteiger partial charge in [-0.1, -0.05) is 30.3 Å². The van der Waals surface area contributed by atoms with E-state index in [0.29, 0.717) is 25.4 Å². The molecule has 3 heterocycles. The monoisotopic (exact) mass is 371 g/mol. The summed E-state index contributed by atoms with van der Waals surface area (Å²) in [4.78, 5) is 28.2. The van der Waals surface area contributed by atoms with Crippen LogP contribution in [-0.4, -0.2) is 66.5 Å². The van der Waals surface area contributed by atoms with Crippen LogP contribution in [0, 0.1) is 0 Å². The lowest BCUT2D eigenvalue weighted by Gasteiger charge is -2.35. The molecule has 27 heavy (non-hydrogen) atoms. The summed E-state index contributed by atoms with van der Waals surface area (Å²) in [5.41, 5.74) is 1.22. The Morgan fingerprint density at radius 3 is 2.85 bits per heavy atom. The molecule has 0 unspecified atom stereocenters. The minimum Gasteiger partial charge on any atom is -0.371 e. The minimum atomic E-state index is 0.104. The van der Waals surface area contributed by atoms with Crippen LogP contribution in [0.4, 0.5) is 0 Å². The third kappa shape index (κ3) is 4.50. The molecule has 1 aromatic carbocycles. The summed E-state index contributed by atoms with van der Waals surface area (Å²) in [5, 5.41) is 3.19. The van der Waals surface area contributed by atoms with E-state index >= 15 is 0 Å². The van der Waals surface area contributed by atoms with Crippen molar-refractivity contribution < 1.29 is 14.3 Å². The van der Waals surface area contributed by atoms with Gasteiger partial charge in [0.15, 0.2) is 0 Å². The van der Waals surface area contributed by atoms with Crippen LogP contribution in [0.5, 0.6) is 0 Å². The number of carbonyl (C=O) groups is 2. The van der Waals surface area contributed by atoms with E-state index in [-0.39, 0.29) is 24.0 Å². The van der Waals surface area contributed by atoms with Gasteiger partial charge in [-0.25, -0.2) is 0 Å². The van der Waals surface area contributed by atoms with Crippen LogP contribution in [0.2, 0.25) is 0 Å². The molecule has 0 spiro atoms. The molecule has 6 nitrogen and oxygen atoms in total. The number of likely N-dealkylation sites (tertiary alicyclic amines) is 1. The summed E-state index contributed by atoms with van der Waals surface area (Å²) in [6.45, 7) is 4.06. The average Bonchev–Trinajstić information content (AvgIpc) is 3.27. The molecule has 3 fully saturated rings. The molecule has 3 aliphatic rings. The highest BCUT2D eigenvalue weighted by Crippen LogP contribution is 2.30. The van der Waals surface area contributed by atoms with Crippen molar-refractivity contribution in [3.05, 3.63) is 35.9 Å². The van der Waals surface area contributed by atoms with E-state index in [4.69, 9.17) is 4.74 Å². The van der Waals surface area contributed by atoms with Gasteiger partial charge in [-0.15, -0.1) is 0 Å². The number of carbonyl (C=O) groups excluding carboxylic acids is 2. The first-order valence-corrected chi connectivity index (χ1v) is 10.2. The van der Waals surface area contributed by atoms with Crippen molar-refractivity contribution in [1.29, 1.82) is 0 Å². The number of hydrogen-bond donors (Lipinski definition) is 1. The van der Waals surface area contributed by atoms with E-state index in [1.807, 2.05) is 23.1 Å². The van der Waals surface area contributed by atoms with E-state index < -0.39 is 0 Å². The molecule has 6 heteroatoms. The van der Waals surface area contributed by atoms with Crippen molar-refractivity contribution in [1.82, 2.24) is 15.1 Å². The SMILES string of the molecule is O=C(CCCN1CCCC1=O)N[C@@H]1C[C@H]2CO[C@@H](c3ccccc3)CN2C1. The van der Waals surface area contributed by atoms with Crippen molar-refractivity contribution in [2.75, 3.05) is 32.8 Å². The highest BCUT2D eigenvalue weighted by molar-refractivity contribution is 5.78. The van der Waals surface area contributed by atoms with Crippen LogP contribution in [-0.2, 0) is 14.3 Å². The van der Waals surface area contributed by atoms with Gasteiger partial charge in [0.1, 0.15) is 0 Å². The summed E-state index contributed by atoms with van der Waals surface area (Å²) in [5.74, 6) is 0.336. The molecule has 2 amide bonds. The maximum Gasteiger partial charge on any atom is 0.222 e. The van der Waals surface area contributed by atoms with Gasteiger partial charge in [0.05, 0.1) is 12.7 Å². The predicted molar refractivity (Wildman–Crippen MR) is 102 cm³/mol. The second-order valence-electron chi connectivity index (χ2n) is 7.93. The third-order valence-corrected chi connectivity index (χ3v) is 5.96. The quantitative estimate of drug-likeness (QED) is 0.827. The number of morpholine rings is 1. The Morgan fingerprint density at radius 1 is 1.22 bits per heavy atom. The Labute approximate surface area is 160 Å². The molecule has 0 aromatic heterocycles. The first kappa shape index (κ1) is 18.4. The molecule has 1 N–H and O–H groups in total. The van der Waals surface area contributed by atoms with Gasteiger partial charge in [0.2, 0.25) is 11.8 Å². The summed E-state index contributed by atoms with van der Waals surface area (Å²) >= 11 is 0. The van der Waals surface area contributed by atoms with Gasteiger partial charge < -0.3 is 15.0 Å². The zero-order valence-corrected chi connectivity index (χ0v) is 15.8. The van der Waals surface area contributed by atoms with Crippen molar-refractivity contribution in [3.8, 4) is 0 Å². The maximum absolute atomic E-state index is 12.3. The summed E-state index contributed by atoms with van der Waals surface area (Å²) in [6.07, 6.45) is 3.94. The standard InChI is InChI=1S/C21H29N3O3/c25-20(8-4-10-23-11-5-9-21(23)26)22-17-12-18-15-27-19(14-24(18)13-17)16-6-2-1-3-7-16/h1-3,6-7,17-19H,4-5,8-15H2,(H,22,25)/t17-,18+,19-/m1/s1. The Hall–Kier alpha value is -1.92. The molecule has 0 radical (unpaired) electrons. The van der Waals surface area contributed by atoms with Crippen LogP contribution in [0.25, 0.3) is 0 Å². The number of hydrogen-bond acceptors (Lipinski definition) is 4.